The first kappa shape index (κ1) is 16.4. The maximum absolute atomic E-state index is 12.3. The van der Waals surface area contributed by atoms with Crippen LogP contribution in [0.15, 0.2) is 36.5 Å². The van der Waals surface area contributed by atoms with Crippen LogP contribution in [0.3, 0.4) is 0 Å². The van der Waals surface area contributed by atoms with E-state index >= 15 is 0 Å². The molecule has 23 heavy (non-hydrogen) atoms. The highest BCUT2D eigenvalue weighted by Gasteiger charge is 2.13. The lowest BCUT2D eigenvalue weighted by Crippen LogP contribution is -2.28. The second-order valence-electron chi connectivity index (χ2n) is 5.16. The van der Waals surface area contributed by atoms with Gasteiger partial charge in [-0.1, -0.05) is 19.4 Å². The summed E-state index contributed by atoms with van der Waals surface area (Å²) in [7, 11) is 1.77. The van der Waals surface area contributed by atoms with Gasteiger partial charge in [0.1, 0.15) is 5.69 Å². The number of hydrogen-bond acceptors (Lipinski definition) is 5. The Morgan fingerprint density at radius 2 is 2.22 bits per heavy atom. The average molecular weight is 309 g/mol. The monoisotopic (exact) mass is 309 g/mol. The predicted octanol–water partition coefficient (Wildman–Crippen LogP) is 2.96. The molecule has 1 N–H and O–H groups in total. The zero-order chi connectivity index (χ0) is 16.7. The van der Waals surface area contributed by atoms with Crippen LogP contribution in [0.5, 0.6) is 0 Å². The van der Waals surface area contributed by atoms with Crippen LogP contribution in [0.25, 0.3) is 0 Å². The molecule has 0 saturated heterocycles. The zero-order valence-corrected chi connectivity index (χ0v) is 13.3. The van der Waals surface area contributed by atoms with Gasteiger partial charge < -0.3 is 10.2 Å². The fraction of sp³-hybridized carbons (Fsp3) is 0.294. The summed E-state index contributed by atoms with van der Waals surface area (Å²) in [6.45, 7) is 2.78. The number of aromatic nitrogens is 2. The predicted molar refractivity (Wildman–Crippen MR) is 88.3 cm³/mol. The Hall–Kier alpha value is -2.94. The van der Waals surface area contributed by atoms with Crippen molar-refractivity contribution in [3.05, 3.63) is 47.8 Å². The maximum Gasteiger partial charge on any atom is 0.272 e. The molecule has 2 rings (SSSR count). The first-order valence-electron chi connectivity index (χ1n) is 7.49. The van der Waals surface area contributed by atoms with Crippen molar-refractivity contribution >= 4 is 17.5 Å². The van der Waals surface area contributed by atoms with Gasteiger partial charge in [0.25, 0.3) is 5.91 Å². The molecule has 0 aliphatic carbocycles. The van der Waals surface area contributed by atoms with E-state index in [0.29, 0.717) is 29.4 Å². The Kier molecular flexibility index (Phi) is 5.64. The third-order valence-electron chi connectivity index (χ3n) is 3.32. The van der Waals surface area contributed by atoms with E-state index in [1.165, 1.54) is 0 Å². The molecule has 1 aromatic heterocycles. The second kappa shape index (κ2) is 7.90. The number of nitrogens with zero attached hydrogens (tertiary/aromatic N) is 4. The number of nitrogens with one attached hydrogen (secondary N) is 1. The van der Waals surface area contributed by atoms with Crippen LogP contribution in [-0.2, 0) is 0 Å². The lowest BCUT2D eigenvalue weighted by atomic mass is 10.2. The van der Waals surface area contributed by atoms with Crippen molar-refractivity contribution in [3.8, 4) is 6.07 Å². The Bertz CT molecular complexity index is 723. The SMILES string of the molecule is CCCCN(C)C(=O)c1ccnc(Nc2cccc(C#N)c2)n1. The molecule has 0 saturated carbocycles. The van der Waals surface area contributed by atoms with Gasteiger partial charge in [-0.2, -0.15) is 5.26 Å². The Morgan fingerprint density at radius 1 is 1.39 bits per heavy atom. The Labute approximate surface area is 135 Å². The number of anilines is 2. The fourth-order valence-corrected chi connectivity index (χ4v) is 2.03. The first-order chi connectivity index (χ1) is 11.1. The van der Waals surface area contributed by atoms with Crippen molar-refractivity contribution in [3.63, 3.8) is 0 Å². The molecule has 1 amide bonds. The number of unbranched alkanes of at least 4 members (excludes halogenated alkanes) is 1. The van der Waals surface area contributed by atoms with Gasteiger partial charge in [-0.15, -0.1) is 0 Å². The third-order valence-corrected chi connectivity index (χ3v) is 3.32. The van der Waals surface area contributed by atoms with Crippen molar-refractivity contribution in [2.24, 2.45) is 0 Å². The third kappa shape index (κ3) is 4.51. The molecule has 0 spiro atoms. The minimum atomic E-state index is -0.130. The topological polar surface area (TPSA) is 81.9 Å². The quantitative estimate of drug-likeness (QED) is 0.887. The summed E-state index contributed by atoms with van der Waals surface area (Å²) in [5.41, 5.74) is 1.59. The van der Waals surface area contributed by atoms with Gasteiger partial charge in [0, 0.05) is 25.5 Å². The fourth-order valence-electron chi connectivity index (χ4n) is 2.03. The molecule has 0 unspecified atom stereocenters. The van der Waals surface area contributed by atoms with Crippen LogP contribution >= 0.6 is 0 Å². The van der Waals surface area contributed by atoms with Crippen molar-refractivity contribution < 1.29 is 4.79 Å². The van der Waals surface area contributed by atoms with Crippen molar-refractivity contribution in [1.29, 1.82) is 5.26 Å². The van der Waals surface area contributed by atoms with Gasteiger partial charge in [0.05, 0.1) is 11.6 Å². The molecule has 0 aliphatic rings. The van der Waals surface area contributed by atoms with Crippen LogP contribution in [-0.4, -0.2) is 34.4 Å². The molecule has 0 fully saturated rings. The van der Waals surface area contributed by atoms with Crippen LogP contribution in [0.1, 0.15) is 35.8 Å². The molecule has 0 bridgehead atoms. The molecule has 1 aromatic carbocycles. The second-order valence-corrected chi connectivity index (χ2v) is 5.16. The summed E-state index contributed by atoms with van der Waals surface area (Å²) in [5.74, 6) is 0.199. The Morgan fingerprint density at radius 3 is 2.96 bits per heavy atom. The van der Waals surface area contributed by atoms with E-state index in [9.17, 15) is 4.79 Å². The van der Waals surface area contributed by atoms with Gasteiger partial charge in [0.2, 0.25) is 5.95 Å². The molecule has 2 aromatic rings. The highest BCUT2D eigenvalue weighted by molar-refractivity contribution is 5.92. The van der Waals surface area contributed by atoms with E-state index in [0.717, 1.165) is 12.8 Å². The molecule has 118 valence electrons. The normalized spacial score (nSPS) is 9.96. The molecular formula is C17H19N5O. The maximum atomic E-state index is 12.3. The van der Waals surface area contributed by atoms with E-state index in [4.69, 9.17) is 5.26 Å². The van der Waals surface area contributed by atoms with E-state index in [1.54, 1.807) is 42.4 Å². The van der Waals surface area contributed by atoms with Gasteiger partial charge in [-0.3, -0.25) is 4.79 Å². The van der Waals surface area contributed by atoms with E-state index in [2.05, 4.69) is 28.3 Å². The average Bonchev–Trinajstić information content (AvgIpc) is 2.59. The minimum absolute atomic E-state index is 0.130. The summed E-state index contributed by atoms with van der Waals surface area (Å²) >= 11 is 0. The largest absolute Gasteiger partial charge is 0.340 e. The lowest BCUT2D eigenvalue weighted by molar-refractivity contribution is 0.0787. The number of amides is 1. The molecule has 0 radical (unpaired) electrons. The van der Waals surface area contributed by atoms with Crippen LogP contribution in [0.4, 0.5) is 11.6 Å². The molecule has 0 aliphatic heterocycles. The summed E-state index contributed by atoms with van der Waals surface area (Å²) < 4.78 is 0. The standard InChI is InChI=1S/C17H19N5O/c1-3-4-10-22(2)16(23)15-8-9-19-17(21-15)20-14-7-5-6-13(11-14)12-18/h5-9,11H,3-4,10H2,1-2H3,(H,19,20,21). The number of nitriles is 1. The molecule has 6 nitrogen and oxygen atoms in total. The zero-order valence-electron chi connectivity index (χ0n) is 13.3. The molecule has 1 heterocycles. The number of hydrogen-bond donors (Lipinski definition) is 1. The number of benzene rings is 1. The highest BCUT2D eigenvalue weighted by atomic mass is 16.2. The van der Waals surface area contributed by atoms with E-state index in [1.807, 2.05) is 6.07 Å². The minimum Gasteiger partial charge on any atom is -0.340 e. The Balaban J connectivity index is 2.13. The number of carbonyl (C=O) groups excluding carboxylic acids is 1. The summed E-state index contributed by atoms with van der Waals surface area (Å²) in [6.07, 6.45) is 3.53. The van der Waals surface area contributed by atoms with Crippen molar-refractivity contribution in [2.75, 3.05) is 18.9 Å². The molecule has 6 heteroatoms. The van der Waals surface area contributed by atoms with Gasteiger partial charge in [-0.25, -0.2) is 9.97 Å². The van der Waals surface area contributed by atoms with E-state index in [-0.39, 0.29) is 5.91 Å². The summed E-state index contributed by atoms with van der Waals surface area (Å²) in [5, 5.41) is 11.9. The highest BCUT2D eigenvalue weighted by Crippen LogP contribution is 2.14. The lowest BCUT2D eigenvalue weighted by Gasteiger charge is -2.16. The van der Waals surface area contributed by atoms with Gasteiger partial charge in [-0.05, 0) is 30.7 Å². The van der Waals surface area contributed by atoms with Gasteiger partial charge in [0.15, 0.2) is 0 Å². The number of carbonyl (C=O) groups is 1. The van der Waals surface area contributed by atoms with Crippen LogP contribution in [0, 0.1) is 11.3 Å². The summed E-state index contributed by atoms with van der Waals surface area (Å²) in [4.78, 5) is 22.4. The van der Waals surface area contributed by atoms with Crippen LogP contribution in [0.2, 0.25) is 0 Å². The van der Waals surface area contributed by atoms with Crippen LogP contribution < -0.4 is 5.32 Å². The smallest absolute Gasteiger partial charge is 0.272 e. The van der Waals surface area contributed by atoms with Gasteiger partial charge >= 0.3 is 0 Å². The van der Waals surface area contributed by atoms with Crippen molar-refractivity contribution in [2.45, 2.75) is 19.8 Å². The van der Waals surface area contributed by atoms with Crippen molar-refractivity contribution in [1.82, 2.24) is 14.9 Å². The molecular weight excluding hydrogens is 290 g/mol. The van der Waals surface area contributed by atoms with E-state index < -0.39 is 0 Å². The summed E-state index contributed by atoms with van der Waals surface area (Å²) in [6, 6.07) is 10.7. The first-order valence-corrected chi connectivity index (χ1v) is 7.49. The molecule has 0 atom stereocenters. The number of rotatable bonds is 6.